The molecule has 0 aliphatic carbocycles. The molecule has 5 heteroatoms. The molecule has 0 saturated heterocycles. The Hall–Kier alpha value is -1.20. The normalized spacial score (nSPS) is 13.0. The first-order valence-corrected chi connectivity index (χ1v) is 5.25. The van der Waals surface area contributed by atoms with Crippen molar-refractivity contribution in [3.05, 3.63) is 34.8 Å². The number of imidazole rings is 1. The summed E-state index contributed by atoms with van der Waals surface area (Å²) in [6, 6.07) is -0.0198. The zero-order valence-corrected chi connectivity index (χ0v) is 8.74. The second-order valence-electron chi connectivity index (χ2n) is 3.17. The van der Waals surface area contributed by atoms with E-state index in [-0.39, 0.29) is 6.04 Å². The quantitative estimate of drug-likeness (QED) is 0.822. The van der Waals surface area contributed by atoms with E-state index in [0.717, 1.165) is 17.1 Å². The van der Waals surface area contributed by atoms with Crippen LogP contribution in [0.4, 0.5) is 0 Å². The minimum atomic E-state index is -0.0198. The van der Waals surface area contributed by atoms with E-state index in [2.05, 4.69) is 9.97 Å². The molecule has 1 atom stereocenters. The highest BCUT2D eigenvalue weighted by molar-refractivity contribution is 7.09. The number of rotatable bonds is 3. The molecule has 0 aliphatic heterocycles. The largest absolute Gasteiger partial charge is 0.336 e. The van der Waals surface area contributed by atoms with Crippen molar-refractivity contribution in [3.63, 3.8) is 0 Å². The molecule has 0 saturated carbocycles. The van der Waals surface area contributed by atoms with Gasteiger partial charge in [-0.1, -0.05) is 0 Å². The fourth-order valence-electron chi connectivity index (χ4n) is 1.37. The third kappa shape index (κ3) is 1.83. The van der Waals surface area contributed by atoms with Crippen molar-refractivity contribution in [1.82, 2.24) is 14.5 Å². The smallest absolute Gasteiger partial charge is 0.0946 e. The van der Waals surface area contributed by atoms with Gasteiger partial charge < -0.3 is 10.3 Å². The van der Waals surface area contributed by atoms with Gasteiger partial charge in [0.2, 0.25) is 0 Å². The Morgan fingerprint density at radius 1 is 1.64 bits per heavy atom. The molecule has 74 valence electrons. The van der Waals surface area contributed by atoms with Gasteiger partial charge in [-0.15, -0.1) is 11.3 Å². The van der Waals surface area contributed by atoms with Crippen molar-refractivity contribution in [3.8, 4) is 0 Å². The van der Waals surface area contributed by atoms with Gasteiger partial charge in [-0.05, 0) is 0 Å². The van der Waals surface area contributed by atoms with E-state index < -0.39 is 0 Å². The van der Waals surface area contributed by atoms with Crippen molar-refractivity contribution in [1.29, 1.82) is 0 Å². The zero-order chi connectivity index (χ0) is 9.97. The standard InChI is InChI=1S/C9H12N4S/c1-13-6-11-5-8(13)7(10)4-9-12-2-3-14-9/h2-3,5-7H,4,10H2,1H3. The van der Waals surface area contributed by atoms with Crippen molar-refractivity contribution in [2.75, 3.05) is 0 Å². The molecule has 0 aliphatic rings. The molecule has 0 bridgehead atoms. The summed E-state index contributed by atoms with van der Waals surface area (Å²) in [7, 11) is 1.95. The van der Waals surface area contributed by atoms with Gasteiger partial charge >= 0.3 is 0 Å². The Morgan fingerprint density at radius 3 is 3.07 bits per heavy atom. The highest BCUT2D eigenvalue weighted by atomic mass is 32.1. The number of hydrogen-bond acceptors (Lipinski definition) is 4. The van der Waals surface area contributed by atoms with E-state index in [1.165, 1.54) is 0 Å². The lowest BCUT2D eigenvalue weighted by Gasteiger charge is -2.09. The summed E-state index contributed by atoms with van der Waals surface area (Å²) >= 11 is 1.63. The van der Waals surface area contributed by atoms with Crippen LogP contribution in [0.1, 0.15) is 16.7 Å². The predicted octanol–water partition coefficient (Wildman–Crippen LogP) is 1.12. The summed E-state index contributed by atoms with van der Waals surface area (Å²) in [5, 5.41) is 3.03. The Balaban J connectivity index is 2.10. The minimum Gasteiger partial charge on any atom is -0.336 e. The lowest BCUT2D eigenvalue weighted by atomic mass is 10.2. The van der Waals surface area contributed by atoms with Crippen LogP contribution < -0.4 is 5.73 Å². The third-order valence-corrected chi connectivity index (χ3v) is 2.91. The third-order valence-electron chi connectivity index (χ3n) is 2.11. The van der Waals surface area contributed by atoms with E-state index in [1.54, 1.807) is 30.1 Å². The highest BCUT2D eigenvalue weighted by Gasteiger charge is 2.11. The average molecular weight is 208 g/mol. The van der Waals surface area contributed by atoms with Crippen molar-refractivity contribution < 1.29 is 0 Å². The number of nitrogens with two attached hydrogens (primary N) is 1. The van der Waals surface area contributed by atoms with Crippen molar-refractivity contribution in [2.45, 2.75) is 12.5 Å². The molecular formula is C9H12N4S. The summed E-state index contributed by atoms with van der Waals surface area (Å²) in [5.74, 6) is 0. The second kappa shape index (κ2) is 3.89. The first kappa shape index (κ1) is 9.36. The van der Waals surface area contributed by atoms with Gasteiger partial charge in [0.25, 0.3) is 0 Å². The van der Waals surface area contributed by atoms with Gasteiger partial charge in [-0.2, -0.15) is 0 Å². The molecular weight excluding hydrogens is 196 g/mol. The van der Waals surface area contributed by atoms with Crippen LogP contribution in [0, 0.1) is 0 Å². The molecule has 0 amide bonds. The molecule has 2 aromatic heterocycles. The van der Waals surface area contributed by atoms with E-state index in [0.29, 0.717) is 0 Å². The summed E-state index contributed by atoms with van der Waals surface area (Å²) in [4.78, 5) is 8.24. The van der Waals surface area contributed by atoms with Crippen molar-refractivity contribution >= 4 is 11.3 Å². The number of nitrogens with zero attached hydrogens (tertiary/aromatic N) is 3. The first-order valence-electron chi connectivity index (χ1n) is 4.37. The molecule has 0 fully saturated rings. The van der Waals surface area contributed by atoms with Crippen LogP contribution in [0.5, 0.6) is 0 Å². The monoisotopic (exact) mass is 208 g/mol. The van der Waals surface area contributed by atoms with Crippen LogP contribution in [-0.2, 0) is 13.5 Å². The number of hydrogen-bond donors (Lipinski definition) is 1. The van der Waals surface area contributed by atoms with E-state index in [4.69, 9.17) is 5.73 Å². The van der Waals surface area contributed by atoms with E-state index in [9.17, 15) is 0 Å². The predicted molar refractivity (Wildman–Crippen MR) is 56.0 cm³/mol. The summed E-state index contributed by atoms with van der Waals surface area (Å²) in [6.07, 6.45) is 6.14. The van der Waals surface area contributed by atoms with Crippen LogP contribution in [0.2, 0.25) is 0 Å². The lowest BCUT2D eigenvalue weighted by molar-refractivity contribution is 0.653. The van der Waals surface area contributed by atoms with Gasteiger partial charge in [0.1, 0.15) is 0 Å². The molecule has 0 radical (unpaired) electrons. The highest BCUT2D eigenvalue weighted by Crippen LogP contribution is 2.16. The number of aryl methyl sites for hydroxylation is 1. The molecule has 4 nitrogen and oxygen atoms in total. The Bertz CT molecular complexity index is 393. The lowest BCUT2D eigenvalue weighted by Crippen LogP contribution is -2.16. The number of thiazole rings is 1. The molecule has 14 heavy (non-hydrogen) atoms. The van der Waals surface area contributed by atoms with E-state index in [1.807, 2.05) is 17.0 Å². The second-order valence-corrected chi connectivity index (χ2v) is 4.14. The zero-order valence-electron chi connectivity index (χ0n) is 7.92. The van der Waals surface area contributed by atoms with Gasteiger partial charge in [-0.3, -0.25) is 0 Å². The minimum absolute atomic E-state index is 0.0198. The summed E-state index contributed by atoms with van der Waals surface area (Å²) in [6.45, 7) is 0. The maximum absolute atomic E-state index is 6.04. The molecule has 1 unspecified atom stereocenters. The van der Waals surface area contributed by atoms with Crippen molar-refractivity contribution in [2.24, 2.45) is 12.8 Å². The van der Waals surface area contributed by atoms with Gasteiger partial charge in [0, 0.05) is 31.2 Å². The Labute approximate surface area is 86.4 Å². The summed E-state index contributed by atoms with van der Waals surface area (Å²) in [5.41, 5.74) is 7.08. The molecule has 2 aromatic rings. The van der Waals surface area contributed by atoms with Gasteiger partial charge in [0.15, 0.2) is 0 Å². The molecule has 2 rings (SSSR count). The SMILES string of the molecule is Cn1cncc1C(N)Cc1nccs1. The van der Waals surface area contributed by atoms with E-state index >= 15 is 0 Å². The first-order chi connectivity index (χ1) is 6.77. The fourth-order valence-corrected chi connectivity index (χ4v) is 2.05. The molecule has 2 N–H and O–H groups in total. The van der Waals surface area contributed by atoms with Crippen LogP contribution in [0.15, 0.2) is 24.1 Å². The van der Waals surface area contributed by atoms with Gasteiger partial charge in [-0.25, -0.2) is 9.97 Å². The fraction of sp³-hybridized carbons (Fsp3) is 0.333. The number of aromatic nitrogens is 3. The van der Waals surface area contributed by atoms with Crippen LogP contribution in [0.25, 0.3) is 0 Å². The molecule has 0 spiro atoms. The van der Waals surface area contributed by atoms with Crippen LogP contribution in [0.3, 0.4) is 0 Å². The van der Waals surface area contributed by atoms with Crippen LogP contribution in [-0.4, -0.2) is 14.5 Å². The molecule has 0 aromatic carbocycles. The Morgan fingerprint density at radius 2 is 2.50 bits per heavy atom. The topological polar surface area (TPSA) is 56.7 Å². The molecule has 2 heterocycles. The Kier molecular flexibility index (Phi) is 2.60. The van der Waals surface area contributed by atoms with Crippen LogP contribution >= 0.6 is 11.3 Å². The van der Waals surface area contributed by atoms with Gasteiger partial charge in [0.05, 0.1) is 23.1 Å². The maximum atomic E-state index is 6.04. The average Bonchev–Trinajstić information content (AvgIpc) is 2.75. The maximum Gasteiger partial charge on any atom is 0.0946 e. The summed E-state index contributed by atoms with van der Waals surface area (Å²) < 4.78 is 1.94.